The smallest absolute Gasteiger partial charge is 0.322 e. The second-order valence-corrected chi connectivity index (χ2v) is 6.17. The fourth-order valence-electron chi connectivity index (χ4n) is 3.25. The van der Waals surface area contributed by atoms with Crippen molar-refractivity contribution in [1.29, 1.82) is 0 Å². The van der Waals surface area contributed by atoms with Gasteiger partial charge < -0.3 is 15.5 Å². The second kappa shape index (κ2) is 6.48. The number of amides is 1. The van der Waals surface area contributed by atoms with Gasteiger partial charge in [-0.15, -0.1) is 0 Å². The molecule has 3 rings (SSSR count). The molecule has 132 valence electrons. The molecule has 26 heavy (non-hydrogen) atoms. The Balaban J connectivity index is 2.20. The lowest BCUT2D eigenvalue weighted by Crippen LogP contribution is -2.44. The van der Waals surface area contributed by atoms with Crippen LogP contribution in [0.15, 0.2) is 60.2 Å². The van der Waals surface area contributed by atoms with E-state index in [-0.39, 0.29) is 0 Å². The molecule has 0 heterocycles. The van der Waals surface area contributed by atoms with Crippen LogP contribution in [-0.4, -0.2) is 34.4 Å². The molecule has 0 saturated carbocycles. The van der Waals surface area contributed by atoms with E-state index in [1.807, 2.05) is 6.07 Å². The second-order valence-electron chi connectivity index (χ2n) is 6.17. The standard InChI is InChI=1S/C20H17NO5/c1-20(12-7-3-2-4-8-12)14-10-6-5-9-13(14)17(24)16(18(20)25)19(26)21-11-15(22)23/h2-10,24H,11H2,1H3,(H,21,26)(H,22,23)/t20-/m1/s1. The summed E-state index contributed by atoms with van der Waals surface area (Å²) >= 11 is 0. The van der Waals surface area contributed by atoms with Crippen LogP contribution in [0.5, 0.6) is 0 Å². The summed E-state index contributed by atoms with van der Waals surface area (Å²) in [5.41, 5.74) is 0.0205. The fourth-order valence-corrected chi connectivity index (χ4v) is 3.25. The summed E-state index contributed by atoms with van der Waals surface area (Å²) in [5.74, 6) is -3.18. The van der Waals surface area contributed by atoms with Crippen LogP contribution in [0.2, 0.25) is 0 Å². The molecule has 0 saturated heterocycles. The number of Topliss-reactive ketones (excluding diaryl/α,β-unsaturated/α-hetero) is 1. The van der Waals surface area contributed by atoms with E-state index in [1.165, 1.54) is 0 Å². The minimum atomic E-state index is -1.24. The number of aliphatic hydroxyl groups excluding tert-OH is 1. The zero-order valence-electron chi connectivity index (χ0n) is 14.0. The van der Waals surface area contributed by atoms with Crippen LogP contribution in [0.3, 0.4) is 0 Å². The van der Waals surface area contributed by atoms with Gasteiger partial charge in [0, 0.05) is 5.56 Å². The Morgan fingerprint density at radius 3 is 2.31 bits per heavy atom. The van der Waals surface area contributed by atoms with E-state index in [0.717, 1.165) is 0 Å². The number of benzene rings is 2. The molecule has 0 radical (unpaired) electrons. The van der Waals surface area contributed by atoms with Gasteiger partial charge in [-0.1, -0.05) is 54.6 Å². The van der Waals surface area contributed by atoms with Gasteiger partial charge in [-0.2, -0.15) is 0 Å². The number of carboxylic acids is 1. The van der Waals surface area contributed by atoms with Gasteiger partial charge in [0.15, 0.2) is 5.78 Å². The Bertz CT molecular complexity index is 932. The Labute approximate surface area is 149 Å². The van der Waals surface area contributed by atoms with Gasteiger partial charge in [0.05, 0.1) is 5.41 Å². The van der Waals surface area contributed by atoms with E-state index in [2.05, 4.69) is 5.32 Å². The van der Waals surface area contributed by atoms with Crippen molar-refractivity contribution >= 4 is 23.4 Å². The molecule has 0 bridgehead atoms. The fraction of sp³-hybridized carbons (Fsp3) is 0.150. The monoisotopic (exact) mass is 351 g/mol. The Morgan fingerprint density at radius 1 is 1.04 bits per heavy atom. The average molecular weight is 351 g/mol. The quantitative estimate of drug-likeness (QED) is 0.732. The minimum absolute atomic E-state index is 0.374. The van der Waals surface area contributed by atoms with Crippen molar-refractivity contribution in [2.24, 2.45) is 0 Å². The summed E-state index contributed by atoms with van der Waals surface area (Å²) in [6, 6.07) is 15.8. The first-order chi connectivity index (χ1) is 12.4. The summed E-state index contributed by atoms with van der Waals surface area (Å²) < 4.78 is 0. The summed E-state index contributed by atoms with van der Waals surface area (Å²) in [4.78, 5) is 36.4. The van der Waals surface area contributed by atoms with E-state index in [4.69, 9.17) is 5.11 Å². The highest BCUT2D eigenvalue weighted by Crippen LogP contribution is 2.43. The first-order valence-corrected chi connectivity index (χ1v) is 8.00. The highest BCUT2D eigenvalue weighted by atomic mass is 16.4. The molecule has 1 aliphatic carbocycles. The zero-order valence-corrected chi connectivity index (χ0v) is 14.0. The first-order valence-electron chi connectivity index (χ1n) is 8.00. The van der Waals surface area contributed by atoms with Crippen LogP contribution in [0.4, 0.5) is 0 Å². The molecule has 0 aliphatic heterocycles. The van der Waals surface area contributed by atoms with Gasteiger partial charge in [-0.05, 0) is 18.1 Å². The number of fused-ring (bicyclic) bond motifs is 1. The zero-order chi connectivity index (χ0) is 18.9. The summed E-state index contributed by atoms with van der Waals surface area (Å²) in [5, 5.41) is 21.5. The maximum absolute atomic E-state index is 13.3. The molecule has 2 aromatic rings. The predicted octanol–water partition coefficient (Wildman–Crippen LogP) is 2.05. The lowest BCUT2D eigenvalue weighted by molar-refractivity contribution is -0.138. The molecule has 0 unspecified atom stereocenters. The summed E-state index contributed by atoms with van der Waals surface area (Å²) in [7, 11) is 0. The number of aliphatic hydroxyl groups is 1. The number of hydrogen-bond donors (Lipinski definition) is 3. The average Bonchev–Trinajstić information content (AvgIpc) is 2.65. The normalized spacial score (nSPS) is 19.0. The summed E-state index contributed by atoms with van der Waals surface area (Å²) in [6.45, 7) is 1.05. The van der Waals surface area contributed by atoms with E-state index >= 15 is 0 Å². The van der Waals surface area contributed by atoms with E-state index in [0.29, 0.717) is 16.7 Å². The molecule has 3 N–H and O–H groups in total. The van der Waals surface area contributed by atoms with E-state index < -0.39 is 41.0 Å². The Kier molecular flexibility index (Phi) is 4.34. The molecule has 0 spiro atoms. The van der Waals surface area contributed by atoms with Crippen LogP contribution < -0.4 is 5.32 Å². The number of aliphatic carboxylic acids is 1. The number of nitrogens with one attached hydrogen (secondary N) is 1. The third-order valence-corrected chi connectivity index (χ3v) is 4.62. The van der Waals surface area contributed by atoms with Crippen molar-refractivity contribution in [3.63, 3.8) is 0 Å². The van der Waals surface area contributed by atoms with Crippen molar-refractivity contribution < 1.29 is 24.6 Å². The van der Waals surface area contributed by atoms with Crippen molar-refractivity contribution in [3.8, 4) is 0 Å². The molecular weight excluding hydrogens is 334 g/mol. The molecular formula is C20H17NO5. The largest absolute Gasteiger partial charge is 0.506 e. The molecule has 0 fully saturated rings. The molecule has 2 aromatic carbocycles. The molecule has 0 aromatic heterocycles. The highest BCUT2D eigenvalue weighted by Gasteiger charge is 2.47. The van der Waals surface area contributed by atoms with Crippen molar-refractivity contribution in [2.45, 2.75) is 12.3 Å². The topological polar surface area (TPSA) is 104 Å². The van der Waals surface area contributed by atoms with Gasteiger partial charge in [0.2, 0.25) is 0 Å². The van der Waals surface area contributed by atoms with Crippen molar-refractivity contribution in [2.75, 3.05) is 6.54 Å². The number of carbonyl (C=O) groups excluding carboxylic acids is 2. The first kappa shape index (κ1) is 17.4. The Hall–Kier alpha value is -3.41. The van der Waals surface area contributed by atoms with Gasteiger partial charge in [0.1, 0.15) is 17.9 Å². The third-order valence-electron chi connectivity index (χ3n) is 4.62. The molecule has 6 nitrogen and oxygen atoms in total. The molecule has 1 atom stereocenters. The molecule has 1 aliphatic rings. The minimum Gasteiger partial charge on any atom is -0.506 e. The number of carboxylic acid groups (broad SMARTS) is 1. The van der Waals surface area contributed by atoms with Crippen molar-refractivity contribution in [1.82, 2.24) is 5.32 Å². The summed E-state index contributed by atoms with van der Waals surface area (Å²) in [6.07, 6.45) is 0. The molecule has 6 heteroatoms. The van der Waals surface area contributed by atoms with E-state index in [9.17, 15) is 19.5 Å². The van der Waals surface area contributed by atoms with Gasteiger partial charge in [0.25, 0.3) is 5.91 Å². The maximum Gasteiger partial charge on any atom is 0.322 e. The highest BCUT2D eigenvalue weighted by molar-refractivity contribution is 6.29. The van der Waals surface area contributed by atoms with E-state index in [1.54, 1.807) is 55.5 Å². The van der Waals surface area contributed by atoms with Crippen LogP contribution in [0.25, 0.3) is 5.76 Å². The lowest BCUT2D eigenvalue weighted by Gasteiger charge is -2.35. The van der Waals surface area contributed by atoms with Crippen molar-refractivity contribution in [3.05, 3.63) is 76.9 Å². The third kappa shape index (κ3) is 2.65. The van der Waals surface area contributed by atoms with Gasteiger partial charge in [-0.3, -0.25) is 14.4 Å². The molecule has 1 amide bonds. The number of carbonyl (C=O) groups is 3. The predicted molar refractivity (Wildman–Crippen MR) is 94.5 cm³/mol. The van der Waals surface area contributed by atoms with Crippen LogP contribution in [-0.2, 0) is 19.8 Å². The number of ketones is 1. The maximum atomic E-state index is 13.3. The SMILES string of the molecule is C[C@]1(c2ccccc2)C(=O)C(C(=O)NCC(=O)O)=C(O)c2ccccc21. The Morgan fingerprint density at radius 2 is 1.65 bits per heavy atom. The van der Waals surface area contributed by atoms with Crippen LogP contribution in [0, 0.1) is 0 Å². The number of rotatable bonds is 4. The van der Waals surface area contributed by atoms with Gasteiger partial charge >= 0.3 is 5.97 Å². The van der Waals surface area contributed by atoms with Gasteiger partial charge in [-0.25, -0.2) is 0 Å². The van der Waals surface area contributed by atoms with Crippen LogP contribution >= 0.6 is 0 Å². The number of hydrogen-bond acceptors (Lipinski definition) is 4. The lowest BCUT2D eigenvalue weighted by atomic mass is 9.66. The van der Waals surface area contributed by atoms with Crippen LogP contribution in [0.1, 0.15) is 23.6 Å².